The summed E-state index contributed by atoms with van der Waals surface area (Å²) in [7, 11) is 1.63. The number of benzene rings is 1. The standard InChI is InChI=1S/C17H23NO4/c1-4-22-16-11-14(5-6-15(16)21-3)13-7-9-18(10-8-13)12(2)17(19)20/h5-7,11-12H,4,8-10H2,1-3H3,(H,19,20). The Bertz CT molecular complexity index is 568. The zero-order valence-electron chi connectivity index (χ0n) is 13.3. The second kappa shape index (κ2) is 7.31. The Kier molecular flexibility index (Phi) is 5.44. The first-order valence-corrected chi connectivity index (χ1v) is 7.54. The second-order valence-corrected chi connectivity index (χ2v) is 5.29. The van der Waals surface area contributed by atoms with Gasteiger partial charge in [0.1, 0.15) is 6.04 Å². The SMILES string of the molecule is CCOc1cc(C2=CCN(C(C)C(=O)O)CC2)ccc1OC. The van der Waals surface area contributed by atoms with E-state index >= 15 is 0 Å². The predicted molar refractivity (Wildman–Crippen MR) is 85.4 cm³/mol. The fourth-order valence-electron chi connectivity index (χ4n) is 2.60. The smallest absolute Gasteiger partial charge is 0.320 e. The molecule has 0 radical (unpaired) electrons. The largest absolute Gasteiger partial charge is 0.493 e. The van der Waals surface area contributed by atoms with E-state index in [2.05, 4.69) is 6.08 Å². The van der Waals surface area contributed by atoms with Crippen LogP contribution >= 0.6 is 0 Å². The van der Waals surface area contributed by atoms with Crippen LogP contribution in [-0.4, -0.2) is 48.8 Å². The normalized spacial score (nSPS) is 16.8. The first-order valence-electron chi connectivity index (χ1n) is 7.54. The van der Waals surface area contributed by atoms with Gasteiger partial charge in [0.2, 0.25) is 0 Å². The van der Waals surface area contributed by atoms with Crippen LogP contribution in [-0.2, 0) is 4.79 Å². The molecule has 0 aromatic heterocycles. The molecule has 1 N–H and O–H groups in total. The third kappa shape index (κ3) is 3.60. The summed E-state index contributed by atoms with van der Waals surface area (Å²) in [6.45, 7) is 5.65. The molecule has 5 nitrogen and oxygen atoms in total. The molecule has 1 aromatic rings. The second-order valence-electron chi connectivity index (χ2n) is 5.29. The molecule has 1 aliphatic rings. The minimum atomic E-state index is -0.778. The zero-order chi connectivity index (χ0) is 16.1. The van der Waals surface area contributed by atoms with Gasteiger partial charge in [0, 0.05) is 13.1 Å². The quantitative estimate of drug-likeness (QED) is 0.875. The average Bonchev–Trinajstić information content (AvgIpc) is 2.54. The van der Waals surface area contributed by atoms with Gasteiger partial charge in [-0.2, -0.15) is 0 Å². The molecule has 1 unspecified atom stereocenters. The number of nitrogens with zero attached hydrogens (tertiary/aromatic N) is 1. The Balaban J connectivity index is 2.16. The van der Waals surface area contributed by atoms with Gasteiger partial charge in [0.15, 0.2) is 11.5 Å². The Labute approximate surface area is 131 Å². The highest BCUT2D eigenvalue weighted by Gasteiger charge is 2.23. The average molecular weight is 305 g/mol. The van der Waals surface area contributed by atoms with Crippen molar-refractivity contribution in [2.45, 2.75) is 26.3 Å². The fourth-order valence-corrected chi connectivity index (χ4v) is 2.60. The van der Waals surface area contributed by atoms with Gasteiger partial charge >= 0.3 is 5.97 Å². The van der Waals surface area contributed by atoms with E-state index in [1.165, 1.54) is 5.57 Å². The predicted octanol–water partition coefficient (Wildman–Crippen LogP) is 2.66. The third-order valence-electron chi connectivity index (χ3n) is 3.98. The lowest BCUT2D eigenvalue weighted by molar-refractivity contribution is -0.142. The molecule has 1 atom stereocenters. The number of ether oxygens (including phenoxy) is 2. The van der Waals surface area contributed by atoms with E-state index in [4.69, 9.17) is 14.6 Å². The molecule has 0 aliphatic carbocycles. The molecule has 120 valence electrons. The molecule has 1 aromatic carbocycles. The highest BCUT2D eigenvalue weighted by molar-refractivity contribution is 5.74. The Morgan fingerprint density at radius 1 is 1.41 bits per heavy atom. The molecule has 0 bridgehead atoms. The summed E-state index contributed by atoms with van der Waals surface area (Å²) in [4.78, 5) is 13.0. The lowest BCUT2D eigenvalue weighted by Crippen LogP contribution is -2.41. The summed E-state index contributed by atoms with van der Waals surface area (Å²) >= 11 is 0. The monoisotopic (exact) mass is 305 g/mol. The minimum Gasteiger partial charge on any atom is -0.493 e. The number of carboxylic acid groups (broad SMARTS) is 1. The molecule has 0 saturated heterocycles. The molecule has 1 heterocycles. The first kappa shape index (κ1) is 16.4. The van der Waals surface area contributed by atoms with Crippen molar-refractivity contribution in [2.24, 2.45) is 0 Å². The van der Waals surface area contributed by atoms with Crippen molar-refractivity contribution in [2.75, 3.05) is 26.8 Å². The maximum absolute atomic E-state index is 11.0. The fraction of sp³-hybridized carbons (Fsp3) is 0.471. The van der Waals surface area contributed by atoms with E-state index in [1.807, 2.05) is 30.0 Å². The van der Waals surface area contributed by atoms with E-state index in [1.54, 1.807) is 14.0 Å². The number of carboxylic acids is 1. The van der Waals surface area contributed by atoms with E-state index in [-0.39, 0.29) is 0 Å². The highest BCUT2D eigenvalue weighted by Crippen LogP contribution is 2.32. The van der Waals surface area contributed by atoms with Crippen LogP contribution in [0.1, 0.15) is 25.8 Å². The summed E-state index contributed by atoms with van der Waals surface area (Å²) in [5.41, 5.74) is 2.32. The van der Waals surface area contributed by atoms with Crippen molar-refractivity contribution >= 4 is 11.5 Å². The van der Waals surface area contributed by atoms with Crippen molar-refractivity contribution in [1.82, 2.24) is 4.90 Å². The molecule has 2 rings (SSSR count). The topological polar surface area (TPSA) is 59.0 Å². The number of methoxy groups -OCH3 is 1. The molecule has 22 heavy (non-hydrogen) atoms. The summed E-state index contributed by atoms with van der Waals surface area (Å²) in [5, 5.41) is 9.08. The molecule has 0 saturated carbocycles. The van der Waals surface area contributed by atoms with Gasteiger partial charge in [0.05, 0.1) is 13.7 Å². The number of hydrogen-bond acceptors (Lipinski definition) is 4. The molecule has 0 fully saturated rings. The summed E-state index contributed by atoms with van der Waals surface area (Å²) < 4.78 is 10.9. The Morgan fingerprint density at radius 3 is 2.73 bits per heavy atom. The van der Waals surface area contributed by atoms with Crippen LogP contribution in [0.4, 0.5) is 0 Å². The maximum atomic E-state index is 11.0. The van der Waals surface area contributed by atoms with Crippen molar-refractivity contribution in [3.05, 3.63) is 29.8 Å². The van der Waals surface area contributed by atoms with Crippen molar-refractivity contribution < 1.29 is 19.4 Å². The van der Waals surface area contributed by atoms with E-state index in [0.29, 0.717) is 13.2 Å². The van der Waals surface area contributed by atoms with Crippen molar-refractivity contribution in [3.63, 3.8) is 0 Å². The first-order chi connectivity index (χ1) is 10.6. The Morgan fingerprint density at radius 2 is 2.18 bits per heavy atom. The van der Waals surface area contributed by atoms with E-state index in [0.717, 1.165) is 30.0 Å². The van der Waals surface area contributed by atoms with Crippen LogP contribution in [0.2, 0.25) is 0 Å². The molecule has 0 amide bonds. The Hall–Kier alpha value is -2.01. The molecule has 1 aliphatic heterocycles. The van der Waals surface area contributed by atoms with Crippen LogP contribution in [0, 0.1) is 0 Å². The lowest BCUT2D eigenvalue weighted by atomic mass is 9.98. The lowest BCUT2D eigenvalue weighted by Gasteiger charge is -2.29. The summed E-state index contributed by atoms with van der Waals surface area (Å²) in [6.07, 6.45) is 2.93. The molecular formula is C17H23NO4. The summed E-state index contributed by atoms with van der Waals surface area (Å²) in [6, 6.07) is 5.47. The third-order valence-corrected chi connectivity index (χ3v) is 3.98. The van der Waals surface area contributed by atoms with Gasteiger partial charge in [-0.3, -0.25) is 9.69 Å². The molecular weight excluding hydrogens is 282 g/mol. The number of carbonyl (C=O) groups is 1. The van der Waals surface area contributed by atoms with Gasteiger partial charge in [0.25, 0.3) is 0 Å². The molecule has 0 spiro atoms. The van der Waals surface area contributed by atoms with Crippen LogP contribution in [0.15, 0.2) is 24.3 Å². The van der Waals surface area contributed by atoms with Crippen LogP contribution in [0.25, 0.3) is 5.57 Å². The van der Waals surface area contributed by atoms with Gasteiger partial charge in [-0.25, -0.2) is 0 Å². The maximum Gasteiger partial charge on any atom is 0.320 e. The van der Waals surface area contributed by atoms with Crippen LogP contribution < -0.4 is 9.47 Å². The number of aliphatic carboxylic acids is 1. The van der Waals surface area contributed by atoms with Gasteiger partial charge < -0.3 is 14.6 Å². The minimum absolute atomic E-state index is 0.451. The van der Waals surface area contributed by atoms with Crippen molar-refractivity contribution in [3.8, 4) is 11.5 Å². The summed E-state index contributed by atoms with van der Waals surface area (Å²) in [5.74, 6) is 0.688. The van der Waals surface area contributed by atoms with E-state index in [9.17, 15) is 4.79 Å². The van der Waals surface area contributed by atoms with Gasteiger partial charge in [-0.15, -0.1) is 0 Å². The van der Waals surface area contributed by atoms with E-state index < -0.39 is 12.0 Å². The molecule has 5 heteroatoms. The van der Waals surface area contributed by atoms with Crippen LogP contribution in [0.3, 0.4) is 0 Å². The van der Waals surface area contributed by atoms with Crippen LogP contribution in [0.5, 0.6) is 11.5 Å². The number of hydrogen-bond donors (Lipinski definition) is 1. The highest BCUT2D eigenvalue weighted by atomic mass is 16.5. The number of rotatable bonds is 6. The van der Waals surface area contributed by atoms with Gasteiger partial charge in [-0.1, -0.05) is 12.1 Å². The van der Waals surface area contributed by atoms with Gasteiger partial charge in [-0.05, 0) is 43.5 Å². The van der Waals surface area contributed by atoms with Crippen molar-refractivity contribution in [1.29, 1.82) is 0 Å². The zero-order valence-corrected chi connectivity index (χ0v) is 13.3.